The van der Waals surface area contributed by atoms with Crippen molar-refractivity contribution in [2.45, 2.75) is 12.8 Å². The highest BCUT2D eigenvalue weighted by Crippen LogP contribution is 2.36. The Kier molecular flexibility index (Phi) is 3.48. The van der Waals surface area contributed by atoms with Crippen molar-refractivity contribution in [3.05, 3.63) is 28.5 Å². The number of carbonyl (C=O) groups is 2. The van der Waals surface area contributed by atoms with Crippen LogP contribution in [0.3, 0.4) is 0 Å². The van der Waals surface area contributed by atoms with Crippen LogP contribution in [-0.4, -0.2) is 42.8 Å². The molecule has 1 aromatic rings. The molecule has 20 heavy (non-hydrogen) atoms. The van der Waals surface area contributed by atoms with Gasteiger partial charge in [-0.3, -0.25) is 9.59 Å². The molecule has 0 aromatic heterocycles. The van der Waals surface area contributed by atoms with Crippen molar-refractivity contribution in [2.75, 3.05) is 31.1 Å². The number of hydrogen-bond acceptors (Lipinski definition) is 3. The minimum atomic E-state index is -0.717. The zero-order chi connectivity index (χ0) is 14.3. The summed E-state index contributed by atoms with van der Waals surface area (Å²) in [6.07, 6.45) is 2.29. The minimum Gasteiger partial charge on any atom is -0.302 e. The highest BCUT2D eigenvalue weighted by Gasteiger charge is 2.39. The molecule has 1 fully saturated rings. The molecule has 0 N–H and O–H groups in total. The molecule has 0 atom stereocenters. The average molecular weight is 297 g/mol. The van der Waals surface area contributed by atoms with Crippen LogP contribution in [0.1, 0.15) is 23.2 Å². The smallest absolute Gasteiger partial charge is 0.299 e. The number of ketones is 1. The lowest BCUT2D eigenvalue weighted by Gasteiger charge is -2.21. The molecule has 2 aliphatic heterocycles. The molecular formula is C14H14ClFN2O2. The molecular weight excluding hydrogens is 283 g/mol. The molecule has 2 aliphatic rings. The number of rotatable bonds is 3. The number of anilines is 1. The lowest BCUT2D eigenvalue weighted by atomic mass is 10.1. The molecule has 0 radical (unpaired) electrons. The lowest BCUT2D eigenvalue weighted by Crippen LogP contribution is -2.37. The van der Waals surface area contributed by atoms with Gasteiger partial charge in [-0.25, -0.2) is 4.39 Å². The first kappa shape index (κ1) is 13.5. The normalized spacial score (nSPS) is 19.0. The summed E-state index contributed by atoms with van der Waals surface area (Å²) in [4.78, 5) is 27.4. The maximum Gasteiger partial charge on any atom is 0.299 e. The van der Waals surface area contributed by atoms with Gasteiger partial charge >= 0.3 is 0 Å². The molecule has 0 unspecified atom stereocenters. The Labute approximate surface area is 121 Å². The van der Waals surface area contributed by atoms with Gasteiger partial charge in [0.25, 0.3) is 11.7 Å². The molecule has 2 heterocycles. The van der Waals surface area contributed by atoms with Crippen molar-refractivity contribution in [3.8, 4) is 0 Å². The number of fused-ring (bicyclic) bond motifs is 1. The van der Waals surface area contributed by atoms with E-state index in [1.807, 2.05) is 0 Å². The summed E-state index contributed by atoms with van der Waals surface area (Å²) in [6, 6.07) is 2.50. The molecule has 3 rings (SSSR count). The number of carbonyl (C=O) groups excluding carboxylic acids is 2. The van der Waals surface area contributed by atoms with Crippen LogP contribution in [0.25, 0.3) is 0 Å². The van der Waals surface area contributed by atoms with Gasteiger partial charge in [-0.05, 0) is 38.1 Å². The monoisotopic (exact) mass is 296 g/mol. The fraction of sp³-hybridized carbons (Fsp3) is 0.429. The third kappa shape index (κ3) is 2.11. The SMILES string of the molecule is O=C1C(=O)N(CCN2CCCC2)c2c(F)ccc(Cl)c21. The number of halogens is 2. The van der Waals surface area contributed by atoms with Crippen molar-refractivity contribution in [2.24, 2.45) is 0 Å². The van der Waals surface area contributed by atoms with Gasteiger partial charge in [0.2, 0.25) is 0 Å². The number of Topliss-reactive ketones (excluding diaryl/α,β-unsaturated/α-hetero) is 1. The fourth-order valence-corrected chi connectivity index (χ4v) is 3.05. The predicted molar refractivity (Wildman–Crippen MR) is 73.8 cm³/mol. The second-order valence-corrected chi connectivity index (χ2v) is 5.49. The van der Waals surface area contributed by atoms with Gasteiger partial charge in [-0.1, -0.05) is 11.6 Å². The summed E-state index contributed by atoms with van der Waals surface area (Å²) in [5.41, 5.74) is 0.0322. The molecule has 106 valence electrons. The summed E-state index contributed by atoms with van der Waals surface area (Å²) in [5.74, 6) is -1.98. The molecule has 0 saturated carbocycles. The van der Waals surface area contributed by atoms with Gasteiger partial charge in [-0.2, -0.15) is 0 Å². The van der Waals surface area contributed by atoms with E-state index in [-0.39, 0.29) is 16.3 Å². The standard InChI is InChI=1S/C14H14ClFN2O2/c15-9-3-4-10(16)12-11(9)13(19)14(20)18(12)8-7-17-5-1-2-6-17/h3-4H,1-2,5-8H2. The first-order chi connectivity index (χ1) is 9.59. The zero-order valence-corrected chi connectivity index (χ0v) is 11.6. The second-order valence-electron chi connectivity index (χ2n) is 5.09. The molecule has 1 aromatic carbocycles. The molecule has 0 spiro atoms. The second kappa shape index (κ2) is 5.14. The summed E-state index contributed by atoms with van der Waals surface area (Å²) in [7, 11) is 0. The van der Waals surface area contributed by atoms with Crippen molar-refractivity contribution >= 4 is 29.0 Å². The number of likely N-dealkylation sites (tertiary alicyclic amines) is 1. The molecule has 6 heteroatoms. The van der Waals surface area contributed by atoms with Crippen LogP contribution in [-0.2, 0) is 4.79 Å². The maximum atomic E-state index is 13.9. The first-order valence-corrected chi connectivity index (χ1v) is 7.04. The Balaban J connectivity index is 1.87. The van der Waals surface area contributed by atoms with Crippen LogP contribution < -0.4 is 4.90 Å². The van der Waals surface area contributed by atoms with Gasteiger partial charge in [-0.15, -0.1) is 0 Å². The topological polar surface area (TPSA) is 40.6 Å². The Morgan fingerprint density at radius 2 is 1.85 bits per heavy atom. The van der Waals surface area contributed by atoms with E-state index in [4.69, 9.17) is 11.6 Å². The van der Waals surface area contributed by atoms with Crippen LogP contribution >= 0.6 is 11.6 Å². The maximum absolute atomic E-state index is 13.9. The van der Waals surface area contributed by atoms with Crippen LogP contribution in [0.5, 0.6) is 0 Å². The largest absolute Gasteiger partial charge is 0.302 e. The summed E-state index contributed by atoms with van der Waals surface area (Å²) in [6.45, 7) is 2.93. The van der Waals surface area contributed by atoms with E-state index in [0.29, 0.717) is 13.1 Å². The van der Waals surface area contributed by atoms with E-state index < -0.39 is 17.5 Å². The van der Waals surface area contributed by atoms with Crippen LogP contribution in [0.2, 0.25) is 5.02 Å². The minimum absolute atomic E-state index is 0.00177. The van der Waals surface area contributed by atoms with Gasteiger partial charge < -0.3 is 9.80 Å². The molecule has 1 amide bonds. The Morgan fingerprint density at radius 3 is 2.55 bits per heavy atom. The number of benzene rings is 1. The molecule has 4 nitrogen and oxygen atoms in total. The summed E-state index contributed by atoms with van der Waals surface area (Å²) in [5, 5.41) is 0.128. The van der Waals surface area contributed by atoms with Gasteiger partial charge in [0.15, 0.2) is 0 Å². The van der Waals surface area contributed by atoms with Crippen LogP contribution in [0.15, 0.2) is 12.1 Å². The number of hydrogen-bond donors (Lipinski definition) is 0. The van der Waals surface area contributed by atoms with Crippen LogP contribution in [0.4, 0.5) is 10.1 Å². The molecule has 0 aliphatic carbocycles. The van der Waals surface area contributed by atoms with Crippen molar-refractivity contribution in [3.63, 3.8) is 0 Å². The van der Waals surface area contributed by atoms with E-state index in [2.05, 4.69) is 4.90 Å². The Morgan fingerprint density at radius 1 is 1.15 bits per heavy atom. The zero-order valence-electron chi connectivity index (χ0n) is 10.9. The predicted octanol–water partition coefficient (Wildman–Crippen LogP) is 2.10. The van der Waals surface area contributed by atoms with Gasteiger partial charge in [0, 0.05) is 13.1 Å². The first-order valence-electron chi connectivity index (χ1n) is 6.66. The number of amides is 1. The Hall–Kier alpha value is -1.46. The third-order valence-corrected chi connectivity index (χ3v) is 4.17. The molecule has 0 bridgehead atoms. The quantitative estimate of drug-likeness (QED) is 0.802. The van der Waals surface area contributed by atoms with E-state index in [1.54, 1.807) is 0 Å². The Bertz CT molecular complexity index is 585. The van der Waals surface area contributed by atoms with E-state index in [1.165, 1.54) is 17.0 Å². The van der Waals surface area contributed by atoms with Gasteiger partial charge in [0.1, 0.15) is 5.82 Å². The average Bonchev–Trinajstić information content (AvgIpc) is 3.02. The third-order valence-electron chi connectivity index (χ3n) is 3.85. The van der Waals surface area contributed by atoms with Gasteiger partial charge in [0.05, 0.1) is 16.3 Å². The highest BCUT2D eigenvalue weighted by atomic mass is 35.5. The van der Waals surface area contributed by atoms with Crippen molar-refractivity contribution in [1.29, 1.82) is 0 Å². The van der Waals surface area contributed by atoms with Crippen molar-refractivity contribution in [1.82, 2.24) is 4.90 Å². The van der Waals surface area contributed by atoms with E-state index >= 15 is 0 Å². The van der Waals surface area contributed by atoms with Crippen LogP contribution in [0, 0.1) is 5.82 Å². The highest BCUT2D eigenvalue weighted by molar-refractivity contribution is 6.55. The van der Waals surface area contributed by atoms with E-state index in [9.17, 15) is 14.0 Å². The summed E-state index contributed by atoms with van der Waals surface area (Å²) < 4.78 is 13.9. The van der Waals surface area contributed by atoms with Crippen molar-refractivity contribution < 1.29 is 14.0 Å². The summed E-state index contributed by atoms with van der Waals surface area (Å²) >= 11 is 5.92. The molecule has 1 saturated heterocycles. The van der Waals surface area contributed by atoms with E-state index in [0.717, 1.165) is 25.9 Å². The lowest BCUT2D eigenvalue weighted by molar-refractivity contribution is -0.114. The number of nitrogens with zero attached hydrogens (tertiary/aromatic N) is 2. The fourth-order valence-electron chi connectivity index (χ4n) is 2.81.